The second-order valence-corrected chi connectivity index (χ2v) is 6.96. The van der Waals surface area contributed by atoms with Crippen LogP contribution in [-0.2, 0) is 9.53 Å². The number of carbonyl (C=O) groups excluding carboxylic acids is 1. The molecule has 0 spiro atoms. The molecule has 0 radical (unpaired) electrons. The van der Waals surface area contributed by atoms with E-state index in [9.17, 15) is 4.79 Å². The summed E-state index contributed by atoms with van der Waals surface area (Å²) in [6, 6.07) is 3.88. The smallest absolute Gasteiger partial charge is 0.293 e. The lowest BCUT2D eigenvalue weighted by molar-refractivity contribution is -0.138. The number of piperidine rings is 1. The standard InChI is InChI=1S/C14H16N4O.C5H10O2/c1-2-11(10-16-7-1)3-4-13-17-14(18-19-13)12-5-8-15-9-6-12;1-5(2,3)7-4-6/h1-4,7,10,12,15H,5-6,8-9H2;4H,1-3H3/b4-3+;. The van der Waals surface area contributed by atoms with Crippen molar-refractivity contribution in [1.82, 2.24) is 20.4 Å². The van der Waals surface area contributed by atoms with Crippen molar-refractivity contribution in [3.63, 3.8) is 0 Å². The van der Waals surface area contributed by atoms with Crippen molar-refractivity contribution >= 4 is 18.6 Å². The van der Waals surface area contributed by atoms with E-state index in [4.69, 9.17) is 4.52 Å². The lowest BCUT2D eigenvalue weighted by atomic mass is 9.98. The number of nitrogens with zero attached hydrogens (tertiary/aromatic N) is 3. The van der Waals surface area contributed by atoms with Crippen LogP contribution in [0.15, 0.2) is 29.0 Å². The molecule has 3 rings (SSSR count). The highest BCUT2D eigenvalue weighted by atomic mass is 16.5. The van der Waals surface area contributed by atoms with Crippen LogP contribution in [0.2, 0.25) is 0 Å². The van der Waals surface area contributed by atoms with E-state index in [1.165, 1.54) is 0 Å². The molecule has 1 N–H and O–H groups in total. The van der Waals surface area contributed by atoms with Gasteiger partial charge in [-0.25, -0.2) is 0 Å². The van der Waals surface area contributed by atoms with Crippen molar-refractivity contribution in [3.8, 4) is 0 Å². The average molecular weight is 358 g/mol. The molecule has 26 heavy (non-hydrogen) atoms. The zero-order valence-electron chi connectivity index (χ0n) is 15.5. The minimum absolute atomic E-state index is 0.318. The predicted octanol–water partition coefficient (Wildman–Crippen LogP) is 3.06. The molecule has 0 bridgehead atoms. The van der Waals surface area contributed by atoms with Crippen LogP contribution in [0.4, 0.5) is 0 Å². The zero-order chi connectivity index (χ0) is 18.8. The van der Waals surface area contributed by atoms with Crippen molar-refractivity contribution in [2.45, 2.75) is 45.1 Å². The zero-order valence-corrected chi connectivity index (χ0v) is 15.5. The van der Waals surface area contributed by atoms with Crippen LogP contribution < -0.4 is 5.32 Å². The third kappa shape index (κ3) is 7.14. The maximum Gasteiger partial charge on any atom is 0.293 e. The first-order valence-electron chi connectivity index (χ1n) is 8.72. The van der Waals surface area contributed by atoms with Gasteiger partial charge in [-0.05, 0) is 64.4 Å². The number of rotatable bonds is 4. The minimum Gasteiger partial charge on any atom is -0.462 e. The van der Waals surface area contributed by atoms with Crippen LogP contribution in [0.25, 0.3) is 12.2 Å². The molecule has 0 amide bonds. The summed E-state index contributed by atoms with van der Waals surface area (Å²) in [4.78, 5) is 18.1. The summed E-state index contributed by atoms with van der Waals surface area (Å²) in [5.41, 5.74) is 0.700. The fraction of sp³-hybridized carbons (Fsp3) is 0.474. The Labute approximate surface area is 153 Å². The lowest BCUT2D eigenvalue weighted by Gasteiger charge is -2.18. The van der Waals surface area contributed by atoms with E-state index < -0.39 is 0 Å². The Kier molecular flexibility index (Phi) is 7.47. The van der Waals surface area contributed by atoms with Gasteiger partial charge in [0, 0.05) is 24.4 Å². The highest BCUT2D eigenvalue weighted by molar-refractivity contribution is 5.65. The van der Waals surface area contributed by atoms with Crippen LogP contribution in [0, 0.1) is 0 Å². The highest BCUT2D eigenvalue weighted by Gasteiger charge is 2.19. The number of ether oxygens (including phenoxy) is 1. The Morgan fingerprint density at radius 1 is 1.27 bits per heavy atom. The maximum atomic E-state index is 9.60. The topological polar surface area (TPSA) is 90.1 Å². The van der Waals surface area contributed by atoms with Gasteiger partial charge >= 0.3 is 0 Å². The number of pyridine rings is 1. The SMILES string of the molecule is C(=C\c1nc(C2CCNCC2)no1)/c1cccnc1.CC(C)(C)OC=O. The predicted molar refractivity (Wildman–Crippen MR) is 99.2 cm³/mol. The number of carbonyl (C=O) groups is 1. The fourth-order valence-electron chi connectivity index (χ4n) is 2.35. The Bertz CT molecular complexity index is 686. The second kappa shape index (κ2) is 9.82. The first kappa shape index (κ1) is 19.8. The third-order valence-corrected chi connectivity index (χ3v) is 3.67. The quantitative estimate of drug-likeness (QED) is 0.840. The number of nitrogens with one attached hydrogen (secondary N) is 1. The summed E-state index contributed by atoms with van der Waals surface area (Å²) in [5, 5.41) is 7.40. The van der Waals surface area contributed by atoms with Gasteiger partial charge in [0.15, 0.2) is 5.82 Å². The highest BCUT2D eigenvalue weighted by Crippen LogP contribution is 2.22. The maximum absolute atomic E-state index is 9.60. The fourth-order valence-corrected chi connectivity index (χ4v) is 2.35. The van der Waals surface area contributed by atoms with Gasteiger partial charge in [0.2, 0.25) is 0 Å². The van der Waals surface area contributed by atoms with E-state index in [2.05, 4.69) is 25.2 Å². The van der Waals surface area contributed by atoms with Gasteiger partial charge in [-0.15, -0.1) is 0 Å². The van der Waals surface area contributed by atoms with E-state index in [0.717, 1.165) is 37.3 Å². The van der Waals surface area contributed by atoms with Crippen LogP contribution in [0.1, 0.15) is 56.8 Å². The molecule has 2 aromatic heterocycles. The Morgan fingerprint density at radius 3 is 2.62 bits per heavy atom. The van der Waals surface area contributed by atoms with Crippen LogP contribution in [0.3, 0.4) is 0 Å². The van der Waals surface area contributed by atoms with Crippen LogP contribution in [-0.4, -0.2) is 40.3 Å². The van der Waals surface area contributed by atoms with Crippen molar-refractivity contribution in [2.75, 3.05) is 13.1 Å². The molecule has 1 fully saturated rings. The van der Waals surface area contributed by atoms with E-state index >= 15 is 0 Å². The van der Waals surface area contributed by atoms with Gasteiger partial charge in [-0.3, -0.25) is 9.78 Å². The van der Waals surface area contributed by atoms with E-state index in [1.807, 2.05) is 45.1 Å². The first-order chi connectivity index (χ1) is 12.5. The molecule has 0 unspecified atom stereocenters. The van der Waals surface area contributed by atoms with Crippen molar-refractivity contribution < 1.29 is 14.1 Å². The number of hydrogen-bond acceptors (Lipinski definition) is 7. The molecule has 7 nitrogen and oxygen atoms in total. The molecule has 3 heterocycles. The summed E-state index contributed by atoms with van der Waals surface area (Å²) in [5.74, 6) is 1.80. The van der Waals surface area contributed by atoms with Crippen LogP contribution >= 0.6 is 0 Å². The van der Waals surface area contributed by atoms with Gasteiger partial charge in [-0.1, -0.05) is 11.2 Å². The van der Waals surface area contributed by atoms with E-state index in [-0.39, 0.29) is 5.60 Å². The molecule has 0 aromatic carbocycles. The van der Waals surface area contributed by atoms with E-state index in [0.29, 0.717) is 18.3 Å². The number of aromatic nitrogens is 3. The molecule has 0 saturated carbocycles. The van der Waals surface area contributed by atoms with Gasteiger partial charge < -0.3 is 14.6 Å². The molecular weight excluding hydrogens is 332 g/mol. The molecule has 1 aliphatic rings. The van der Waals surface area contributed by atoms with E-state index in [1.54, 1.807) is 12.4 Å². The van der Waals surface area contributed by atoms with Crippen molar-refractivity contribution in [2.24, 2.45) is 0 Å². The molecule has 0 atom stereocenters. The molecule has 1 aliphatic heterocycles. The van der Waals surface area contributed by atoms with Gasteiger partial charge in [0.05, 0.1) is 0 Å². The summed E-state index contributed by atoms with van der Waals surface area (Å²) < 4.78 is 9.80. The van der Waals surface area contributed by atoms with Gasteiger partial charge in [0.1, 0.15) is 5.60 Å². The normalized spacial score (nSPS) is 15.3. The Morgan fingerprint density at radius 2 is 2.04 bits per heavy atom. The Balaban J connectivity index is 0.000000298. The molecule has 1 saturated heterocycles. The molecule has 0 aliphatic carbocycles. The lowest BCUT2D eigenvalue weighted by Crippen LogP contribution is -2.27. The van der Waals surface area contributed by atoms with Gasteiger partial charge in [-0.2, -0.15) is 4.98 Å². The molecular formula is C19H26N4O3. The third-order valence-electron chi connectivity index (χ3n) is 3.67. The van der Waals surface area contributed by atoms with Gasteiger partial charge in [0.25, 0.3) is 12.4 Å². The monoisotopic (exact) mass is 358 g/mol. The largest absolute Gasteiger partial charge is 0.462 e. The molecule has 2 aromatic rings. The summed E-state index contributed by atoms with van der Waals surface area (Å²) in [7, 11) is 0. The molecule has 140 valence electrons. The Hall–Kier alpha value is -2.54. The minimum atomic E-state index is -0.318. The van der Waals surface area contributed by atoms with Crippen molar-refractivity contribution in [1.29, 1.82) is 0 Å². The summed E-state index contributed by atoms with van der Waals surface area (Å²) >= 11 is 0. The average Bonchev–Trinajstić information content (AvgIpc) is 3.10. The summed E-state index contributed by atoms with van der Waals surface area (Å²) in [6.45, 7) is 7.98. The second-order valence-electron chi connectivity index (χ2n) is 6.96. The van der Waals surface area contributed by atoms with Crippen molar-refractivity contribution in [3.05, 3.63) is 41.8 Å². The summed E-state index contributed by atoms with van der Waals surface area (Å²) in [6.07, 6.45) is 9.44. The number of hydrogen-bond donors (Lipinski definition) is 1. The first-order valence-corrected chi connectivity index (χ1v) is 8.72. The molecule has 7 heteroatoms. The van der Waals surface area contributed by atoms with Crippen LogP contribution in [0.5, 0.6) is 0 Å².